The lowest BCUT2D eigenvalue weighted by atomic mass is 10.1. The van der Waals surface area contributed by atoms with E-state index in [1.165, 1.54) is 19.3 Å². The predicted molar refractivity (Wildman–Crippen MR) is 94.6 cm³/mol. The van der Waals surface area contributed by atoms with Gasteiger partial charge in [0.2, 0.25) is 5.88 Å². The van der Waals surface area contributed by atoms with Crippen molar-refractivity contribution in [1.82, 2.24) is 15.2 Å². The highest BCUT2D eigenvalue weighted by atomic mass is 16.5. The standard InChI is InChI=1S/C19H25N3O3/c1-2-24-19-15(8-6-10-20-19)18(23)21-14-16(17-9-7-13-25-17)22-11-4-3-5-12-22/h6-10,13,16H,2-5,11-12,14H2,1H3,(H,21,23)/t16-/m0/s1. The van der Waals surface area contributed by atoms with Gasteiger partial charge >= 0.3 is 0 Å². The van der Waals surface area contributed by atoms with E-state index in [0.717, 1.165) is 18.8 Å². The van der Waals surface area contributed by atoms with Crippen molar-refractivity contribution in [1.29, 1.82) is 0 Å². The van der Waals surface area contributed by atoms with Crippen LogP contribution in [0.5, 0.6) is 5.88 Å². The highest BCUT2D eigenvalue weighted by molar-refractivity contribution is 5.96. The van der Waals surface area contributed by atoms with Crippen LogP contribution in [0.2, 0.25) is 0 Å². The van der Waals surface area contributed by atoms with Crippen LogP contribution in [0, 0.1) is 0 Å². The molecule has 1 amide bonds. The molecule has 1 N–H and O–H groups in total. The summed E-state index contributed by atoms with van der Waals surface area (Å²) < 4.78 is 11.1. The molecule has 3 rings (SSSR count). The zero-order chi connectivity index (χ0) is 17.5. The summed E-state index contributed by atoms with van der Waals surface area (Å²) in [6, 6.07) is 7.39. The molecule has 0 radical (unpaired) electrons. The Morgan fingerprint density at radius 2 is 2.16 bits per heavy atom. The average Bonchev–Trinajstić information content (AvgIpc) is 3.18. The van der Waals surface area contributed by atoms with Crippen LogP contribution in [0.15, 0.2) is 41.1 Å². The lowest BCUT2D eigenvalue weighted by Gasteiger charge is -2.33. The minimum absolute atomic E-state index is 0.0477. The van der Waals surface area contributed by atoms with Gasteiger partial charge in [0.1, 0.15) is 11.3 Å². The largest absolute Gasteiger partial charge is 0.477 e. The average molecular weight is 343 g/mol. The predicted octanol–water partition coefficient (Wildman–Crippen LogP) is 3.03. The Kier molecular flexibility index (Phi) is 6.06. The number of pyridine rings is 1. The SMILES string of the molecule is CCOc1ncccc1C(=O)NC[C@@H](c1ccco1)N1CCCCC1. The number of furan rings is 1. The Bertz CT molecular complexity index is 666. The van der Waals surface area contributed by atoms with Gasteiger partial charge in [-0.05, 0) is 57.1 Å². The first kappa shape index (κ1) is 17.5. The van der Waals surface area contributed by atoms with Crippen LogP contribution in [-0.4, -0.2) is 42.0 Å². The molecule has 0 aliphatic carbocycles. The molecule has 1 aliphatic heterocycles. The summed E-state index contributed by atoms with van der Waals surface area (Å²) in [5.41, 5.74) is 0.459. The lowest BCUT2D eigenvalue weighted by molar-refractivity contribution is 0.0909. The van der Waals surface area contributed by atoms with Gasteiger partial charge in [0.25, 0.3) is 5.91 Å². The normalized spacial score (nSPS) is 16.4. The molecule has 25 heavy (non-hydrogen) atoms. The maximum Gasteiger partial charge on any atom is 0.256 e. The zero-order valence-corrected chi connectivity index (χ0v) is 14.6. The van der Waals surface area contributed by atoms with Crippen LogP contribution in [0.25, 0.3) is 0 Å². The summed E-state index contributed by atoms with van der Waals surface area (Å²) in [6.45, 7) is 4.89. The number of likely N-dealkylation sites (tertiary alicyclic amines) is 1. The first-order valence-corrected chi connectivity index (χ1v) is 8.93. The highest BCUT2D eigenvalue weighted by Crippen LogP contribution is 2.25. The summed E-state index contributed by atoms with van der Waals surface area (Å²) in [5.74, 6) is 1.08. The molecular weight excluding hydrogens is 318 g/mol. The van der Waals surface area contributed by atoms with Gasteiger partial charge in [-0.1, -0.05) is 6.42 Å². The number of hydrogen-bond donors (Lipinski definition) is 1. The number of piperidine rings is 1. The summed E-state index contributed by atoms with van der Waals surface area (Å²) in [6.07, 6.45) is 6.94. The zero-order valence-electron chi connectivity index (χ0n) is 14.6. The second kappa shape index (κ2) is 8.67. The summed E-state index contributed by atoms with van der Waals surface area (Å²) in [4.78, 5) is 19.1. The minimum Gasteiger partial charge on any atom is -0.477 e. The van der Waals surface area contributed by atoms with Crippen LogP contribution in [0.4, 0.5) is 0 Å². The topological polar surface area (TPSA) is 67.6 Å². The summed E-state index contributed by atoms with van der Waals surface area (Å²) >= 11 is 0. The molecule has 1 atom stereocenters. The third-order valence-electron chi connectivity index (χ3n) is 4.46. The van der Waals surface area contributed by atoms with E-state index in [2.05, 4.69) is 15.2 Å². The fraction of sp³-hybridized carbons (Fsp3) is 0.474. The molecule has 0 bridgehead atoms. The van der Waals surface area contributed by atoms with Crippen LogP contribution < -0.4 is 10.1 Å². The number of carbonyl (C=O) groups is 1. The summed E-state index contributed by atoms with van der Waals surface area (Å²) in [7, 11) is 0. The van der Waals surface area contributed by atoms with E-state index in [4.69, 9.17) is 9.15 Å². The molecule has 0 unspecified atom stereocenters. The van der Waals surface area contributed by atoms with Gasteiger partial charge in [-0.2, -0.15) is 0 Å². The Morgan fingerprint density at radius 1 is 1.32 bits per heavy atom. The fourth-order valence-electron chi connectivity index (χ4n) is 3.22. The van der Waals surface area contributed by atoms with Crippen molar-refractivity contribution in [3.05, 3.63) is 48.0 Å². The molecule has 1 saturated heterocycles. The number of aromatic nitrogens is 1. The minimum atomic E-state index is -0.176. The Morgan fingerprint density at radius 3 is 2.88 bits per heavy atom. The van der Waals surface area contributed by atoms with Crippen molar-refractivity contribution in [3.63, 3.8) is 0 Å². The Balaban J connectivity index is 1.69. The molecule has 1 fully saturated rings. The van der Waals surface area contributed by atoms with E-state index in [0.29, 0.717) is 24.6 Å². The third kappa shape index (κ3) is 4.39. The number of rotatable bonds is 7. The molecular formula is C19H25N3O3. The lowest BCUT2D eigenvalue weighted by Crippen LogP contribution is -2.40. The molecule has 0 aromatic carbocycles. The molecule has 0 saturated carbocycles. The Labute approximate surface area is 148 Å². The van der Waals surface area contributed by atoms with E-state index >= 15 is 0 Å². The molecule has 134 valence electrons. The monoisotopic (exact) mass is 343 g/mol. The molecule has 6 heteroatoms. The van der Waals surface area contributed by atoms with Crippen LogP contribution >= 0.6 is 0 Å². The number of carbonyl (C=O) groups excluding carboxylic acids is 1. The van der Waals surface area contributed by atoms with Crippen molar-refractivity contribution in [3.8, 4) is 5.88 Å². The van der Waals surface area contributed by atoms with Crippen LogP contribution in [0.3, 0.4) is 0 Å². The maximum atomic E-state index is 12.6. The first-order valence-electron chi connectivity index (χ1n) is 8.93. The van der Waals surface area contributed by atoms with Crippen LogP contribution in [-0.2, 0) is 0 Å². The molecule has 2 aromatic heterocycles. The van der Waals surface area contributed by atoms with Gasteiger partial charge < -0.3 is 14.5 Å². The second-order valence-electron chi connectivity index (χ2n) is 6.13. The van der Waals surface area contributed by atoms with Gasteiger partial charge in [-0.25, -0.2) is 4.98 Å². The van der Waals surface area contributed by atoms with Crippen molar-refractivity contribution in [2.75, 3.05) is 26.2 Å². The quantitative estimate of drug-likeness (QED) is 0.837. The molecule has 2 aromatic rings. The van der Waals surface area contributed by atoms with E-state index in [1.807, 2.05) is 19.1 Å². The van der Waals surface area contributed by atoms with E-state index in [9.17, 15) is 4.79 Å². The number of ether oxygens (including phenoxy) is 1. The molecule has 3 heterocycles. The Hall–Kier alpha value is -2.34. The number of hydrogen-bond acceptors (Lipinski definition) is 5. The van der Waals surface area contributed by atoms with Gasteiger partial charge in [-0.3, -0.25) is 9.69 Å². The maximum absolute atomic E-state index is 12.6. The second-order valence-corrected chi connectivity index (χ2v) is 6.13. The van der Waals surface area contributed by atoms with Crippen molar-refractivity contribution in [2.45, 2.75) is 32.2 Å². The fourth-order valence-corrected chi connectivity index (χ4v) is 3.22. The smallest absolute Gasteiger partial charge is 0.256 e. The van der Waals surface area contributed by atoms with E-state index in [1.54, 1.807) is 24.6 Å². The van der Waals surface area contributed by atoms with Crippen molar-refractivity contribution in [2.24, 2.45) is 0 Å². The van der Waals surface area contributed by atoms with Gasteiger partial charge in [-0.15, -0.1) is 0 Å². The van der Waals surface area contributed by atoms with Crippen molar-refractivity contribution >= 4 is 5.91 Å². The number of nitrogens with one attached hydrogen (secondary N) is 1. The third-order valence-corrected chi connectivity index (χ3v) is 4.46. The van der Waals surface area contributed by atoms with Gasteiger partial charge in [0.15, 0.2) is 0 Å². The summed E-state index contributed by atoms with van der Waals surface area (Å²) in [5, 5.41) is 3.02. The van der Waals surface area contributed by atoms with Gasteiger partial charge in [0.05, 0.1) is 18.9 Å². The van der Waals surface area contributed by atoms with E-state index < -0.39 is 0 Å². The number of amides is 1. The van der Waals surface area contributed by atoms with Crippen LogP contribution in [0.1, 0.15) is 48.3 Å². The van der Waals surface area contributed by atoms with E-state index in [-0.39, 0.29) is 11.9 Å². The van der Waals surface area contributed by atoms with Crippen molar-refractivity contribution < 1.29 is 13.9 Å². The van der Waals surface area contributed by atoms with Gasteiger partial charge in [0, 0.05) is 12.7 Å². The molecule has 6 nitrogen and oxygen atoms in total. The first-order chi connectivity index (χ1) is 12.3. The number of nitrogens with zero attached hydrogens (tertiary/aromatic N) is 2. The molecule has 1 aliphatic rings. The molecule has 0 spiro atoms. The highest BCUT2D eigenvalue weighted by Gasteiger charge is 2.25.